The fourth-order valence-electron chi connectivity index (χ4n) is 2.51. The first-order valence-corrected chi connectivity index (χ1v) is 8.41. The molecule has 0 aliphatic heterocycles. The first-order valence-electron chi connectivity index (χ1n) is 8.41. The molecule has 20 heavy (non-hydrogen) atoms. The third-order valence-corrected chi connectivity index (χ3v) is 3.65. The second kappa shape index (κ2) is 10.8. The van der Waals surface area contributed by atoms with E-state index in [1.807, 2.05) is 0 Å². The Kier molecular flexibility index (Phi) is 9.29. The molecule has 0 amide bonds. The standard InChI is InChI=1S/C16H32N4/c1-4-7-8-9-10-15(17-11-5-2)13-16-18-14-19-20(16)12-6-3/h14-15,17H,4-13H2,1-3H3. The minimum atomic E-state index is 0.548. The van der Waals surface area contributed by atoms with Gasteiger partial charge in [-0.3, -0.25) is 4.68 Å². The van der Waals surface area contributed by atoms with Crippen molar-refractivity contribution in [1.29, 1.82) is 0 Å². The lowest BCUT2D eigenvalue weighted by Crippen LogP contribution is -2.33. The quantitative estimate of drug-likeness (QED) is 0.595. The zero-order chi connectivity index (χ0) is 14.6. The van der Waals surface area contributed by atoms with E-state index in [0.29, 0.717) is 6.04 Å². The van der Waals surface area contributed by atoms with Crippen LogP contribution in [0.3, 0.4) is 0 Å². The predicted molar refractivity (Wildman–Crippen MR) is 84.9 cm³/mol. The third-order valence-electron chi connectivity index (χ3n) is 3.65. The van der Waals surface area contributed by atoms with Gasteiger partial charge in [0.2, 0.25) is 0 Å². The normalized spacial score (nSPS) is 12.8. The van der Waals surface area contributed by atoms with Crippen LogP contribution < -0.4 is 5.32 Å². The van der Waals surface area contributed by atoms with Crippen molar-refractivity contribution < 1.29 is 0 Å². The molecule has 4 nitrogen and oxygen atoms in total. The number of nitrogens with one attached hydrogen (secondary N) is 1. The van der Waals surface area contributed by atoms with E-state index < -0.39 is 0 Å². The summed E-state index contributed by atoms with van der Waals surface area (Å²) in [5.41, 5.74) is 0. The highest BCUT2D eigenvalue weighted by Crippen LogP contribution is 2.10. The molecule has 0 aliphatic carbocycles. The number of aromatic nitrogens is 3. The number of unbranched alkanes of at least 4 members (excludes halogenated alkanes) is 3. The van der Waals surface area contributed by atoms with Crippen LogP contribution in [0.25, 0.3) is 0 Å². The summed E-state index contributed by atoms with van der Waals surface area (Å²) in [5, 5.41) is 8.00. The van der Waals surface area contributed by atoms with Gasteiger partial charge in [0.05, 0.1) is 0 Å². The molecule has 1 aromatic heterocycles. The van der Waals surface area contributed by atoms with Gasteiger partial charge in [-0.1, -0.05) is 46.5 Å². The molecule has 0 saturated heterocycles. The van der Waals surface area contributed by atoms with Crippen LogP contribution >= 0.6 is 0 Å². The van der Waals surface area contributed by atoms with Gasteiger partial charge in [0.25, 0.3) is 0 Å². The van der Waals surface area contributed by atoms with Crippen LogP contribution in [0.4, 0.5) is 0 Å². The summed E-state index contributed by atoms with van der Waals surface area (Å²) in [4.78, 5) is 4.44. The van der Waals surface area contributed by atoms with Gasteiger partial charge >= 0.3 is 0 Å². The molecule has 1 heterocycles. The maximum atomic E-state index is 4.44. The SMILES string of the molecule is CCCCCCC(Cc1ncnn1CCC)NCCC. The lowest BCUT2D eigenvalue weighted by molar-refractivity contribution is 0.433. The maximum Gasteiger partial charge on any atom is 0.138 e. The average molecular weight is 280 g/mol. The fourth-order valence-corrected chi connectivity index (χ4v) is 2.51. The zero-order valence-electron chi connectivity index (χ0n) is 13.6. The van der Waals surface area contributed by atoms with Crippen molar-refractivity contribution in [2.24, 2.45) is 0 Å². The number of aryl methyl sites for hydroxylation is 1. The lowest BCUT2D eigenvalue weighted by atomic mass is 10.0. The molecule has 4 heteroatoms. The molecule has 116 valence electrons. The maximum absolute atomic E-state index is 4.44. The van der Waals surface area contributed by atoms with Crippen molar-refractivity contribution >= 4 is 0 Å². The molecule has 0 bridgehead atoms. The summed E-state index contributed by atoms with van der Waals surface area (Å²) >= 11 is 0. The Bertz CT molecular complexity index is 335. The van der Waals surface area contributed by atoms with Crippen molar-refractivity contribution in [2.45, 2.75) is 84.7 Å². The van der Waals surface area contributed by atoms with Crippen LogP contribution in [0.5, 0.6) is 0 Å². The van der Waals surface area contributed by atoms with Crippen molar-refractivity contribution in [3.8, 4) is 0 Å². The minimum Gasteiger partial charge on any atom is -0.314 e. The number of nitrogens with zero attached hydrogens (tertiary/aromatic N) is 3. The highest BCUT2D eigenvalue weighted by Gasteiger charge is 2.12. The molecule has 1 atom stereocenters. The molecule has 0 fully saturated rings. The third kappa shape index (κ3) is 6.51. The van der Waals surface area contributed by atoms with Crippen LogP contribution in [-0.2, 0) is 13.0 Å². The number of rotatable bonds is 12. The molecule has 0 aliphatic rings. The van der Waals surface area contributed by atoms with Gasteiger partial charge in [0.15, 0.2) is 0 Å². The molecule has 1 rings (SSSR count). The van der Waals surface area contributed by atoms with E-state index in [9.17, 15) is 0 Å². The van der Waals surface area contributed by atoms with Crippen LogP contribution in [0.2, 0.25) is 0 Å². The monoisotopic (exact) mass is 280 g/mol. The van der Waals surface area contributed by atoms with E-state index in [1.165, 1.54) is 38.5 Å². The van der Waals surface area contributed by atoms with Gasteiger partial charge in [0, 0.05) is 19.0 Å². The second-order valence-electron chi connectivity index (χ2n) is 5.60. The molecule has 0 radical (unpaired) electrons. The van der Waals surface area contributed by atoms with Crippen LogP contribution in [0, 0.1) is 0 Å². The van der Waals surface area contributed by atoms with Crippen molar-refractivity contribution in [2.75, 3.05) is 6.54 Å². The molecule has 1 aromatic rings. The van der Waals surface area contributed by atoms with E-state index in [0.717, 1.165) is 31.8 Å². The fraction of sp³-hybridized carbons (Fsp3) is 0.875. The van der Waals surface area contributed by atoms with Crippen LogP contribution in [0.15, 0.2) is 6.33 Å². The van der Waals surface area contributed by atoms with Crippen molar-refractivity contribution in [3.63, 3.8) is 0 Å². The Hall–Kier alpha value is -0.900. The smallest absolute Gasteiger partial charge is 0.138 e. The topological polar surface area (TPSA) is 42.7 Å². The van der Waals surface area contributed by atoms with Gasteiger partial charge in [-0.15, -0.1) is 0 Å². The summed E-state index contributed by atoms with van der Waals surface area (Å²) in [5.74, 6) is 1.14. The molecule has 0 saturated carbocycles. The Balaban J connectivity index is 2.47. The highest BCUT2D eigenvalue weighted by molar-refractivity contribution is 4.90. The van der Waals surface area contributed by atoms with Crippen molar-refractivity contribution in [1.82, 2.24) is 20.1 Å². The Morgan fingerprint density at radius 3 is 2.65 bits per heavy atom. The lowest BCUT2D eigenvalue weighted by Gasteiger charge is -2.18. The average Bonchev–Trinajstić information content (AvgIpc) is 2.88. The Morgan fingerprint density at radius 1 is 1.10 bits per heavy atom. The summed E-state index contributed by atoms with van der Waals surface area (Å²) in [6.45, 7) is 8.75. The molecule has 0 aromatic carbocycles. The second-order valence-corrected chi connectivity index (χ2v) is 5.60. The molecular weight excluding hydrogens is 248 g/mol. The summed E-state index contributed by atoms with van der Waals surface area (Å²) < 4.78 is 2.06. The Labute approximate surface area is 124 Å². The zero-order valence-corrected chi connectivity index (χ0v) is 13.6. The summed E-state index contributed by atoms with van der Waals surface area (Å²) in [6, 6.07) is 0.548. The first kappa shape index (κ1) is 17.2. The largest absolute Gasteiger partial charge is 0.314 e. The van der Waals surface area contributed by atoms with Gasteiger partial charge in [-0.25, -0.2) is 4.98 Å². The molecule has 0 spiro atoms. The highest BCUT2D eigenvalue weighted by atomic mass is 15.3. The summed E-state index contributed by atoms with van der Waals surface area (Å²) in [6.07, 6.45) is 11.6. The predicted octanol–water partition coefficient (Wildman–Crippen LogP) is 3.57. The van der Waals surface area contributed by atoms with Gasteiger partial charge in [-0.05, 0) is 25.8 Å². The molecule has 1 N–H and O–H groups in total. The van der Waals surface area contributed by atoms with E-state index in [4.69, 9.17) is 0 Å². The number of hydrogen-bond acceptors (Lipinski definition) is 3. The van der Waals surface area contributed by atoms with Gasteiger partial charge in [-0.2, -0.15) is 5.10 Å². The van der Waals surface area contributed by atoms with Gasteiger partial charge in [0.1, 0.15) is 12.2 Å². The van der Waals surface area contributed by atoms with Crippen LogP contribution in [-0.4, -0.2) is 27.4 Å². The Morgan fingerprint density at radius 2 is 1.95 bits per heavy atom. The van der Waals surface area contributed by atoms with Crippen LogP contribution in [0.1, 0.15) is 71.5 Å². The minimum absolute atomic E-state index is 0.548. The first-order chi connectivity index (χ1) is 9.81. The molecular formula is C16H32N4. The van der Waals surface area contributed by atoms with Gasteiger partial charge < -0.3 is 5.32 Å². The molecule has 1 unspecified atom stereocenters. The van der Waals surface area contributed by atoms with E-state index in [2.05, 4.69) is 40.9 Å². The summed E-state index contributed by atoms with van der Waals surface area (Å²) in [7, 11) is 0. The van der Waals surface area contributed by atoms with E-state index in [-0.39, 0.29) is 0 Å². The van der Waals surface area contributed by atoms with Crippen molar-refractivity contribution in [3.05, 3.63) is 12.2 Å². The van der Waals surface area contributed by atoms with E-state index in [1.54, 1.807) is 6.33 Å². The van der Waals surface area contributed by atoms with E-state index >= 15 is 0 Å². The number of hydrogen-bond donors (Lipinski definition) is 1.